The Morgan fingerprint density at radius 3 is 2.64 bits per heavy atom. The summed E-state index contributed by atoms with van der Waals surface area (Å²) in [6.07, 6.45) is 4.37. The second-order valence-corrected chi connectivity index (χ2v) is 7.68. The number of carbonyl (C=O) groups is 1. The molecule has 0 spiro atoms. The zero-order valence-corrected chi connectivity index (χ0v) is 14.1. The van der Waals surface area contributed by atoms with Crippen molar-refractivity contribution in [2.45, 2.75) is 65.3 Å². The van der Waals surface area contributed by atoms with Crippen LogP contribution >= 0.6 is 0 Å². The highest BCUT2D eigenvalue weighted by Crippen LogP contribution is 2.56. The van der Waals surface area contributed by atoms with E-state index in [0.717, 1.165) is 19.3 Å². The fourth-order valence-corrected chi connectivity index (χ4v) is 4.05. The largest absolute Gasteiger partial charge is 0.411 e. The van der Waals surface area contributed by atoms with Gasteiger partial charge in [0, 0.05) is 6.92 Å². The summed E-state index contributed by atoms with van der Waals surface area (Å²) in [6.45, 7) is 12.1. The molecule has 5 nitrogen and oxygen atoms in total. The number of carbonyl (C=O) groups excluding carboxylic acids is 1. The molecule has 0 bridgehead atoms. The van der Waals surface area contributed by atoms with E-state index in [1.54, 1.807) is 0 Å². The van der Waals surface area contributed by atoms with Crippen LogP contribution in [0.3, 0.4) is 0 Å². The first-order valence-corrected chi connectivity index (χ1v) is 8.03. The Kier molecular flexibility index (Phi) is 4.66. The lowest BCUT2D eigenvalue weighted by atomic mass is 9.52. The summed E-state index contributed by atoms with van der Waals surface area (Å²) >= 11 is 0. The van der Waals surface area contributed by atoms with Gasteiger partial charge < -0.3 is 10.0 Å². The van der Waals surface area contributed by atoms with Crippen molar-refractivity contribution >= 4 is 11.7 Å². The maximum absolute atomic E-state index is 11.1. The van der Waals surface area contributed by atoms with Gasteiger partial charge in [-0.15, -0.1) is 5.48 Å². The van der Waals surface area contributed by atoms with Crippen LogP contribution in [-0.2, 0) is 9.63 Å². The third kappa shape index (κ3) is 3.19. The average Bonchev–Trinajstić information content (AvgIpc) is 2.46. The molecule has 0 aromatic carbocycles. The number of nitrogens with zero attached hydrogens (tertiary/aromatic N) is 1. The topological polar surface area (TPSA) is 70.9 Å². The highest BCUT2D eigenvalue weighted by atomic mass is 16.7. The predicted octanol–water partition coefficient (Wildman–Crippen LogP) is 3.44. The molecule has 124 valence electrons. The van der Waals surface area contributed by atoms with Crippen LogP contribution in [0.25, 0.3) is 0 Å². The Labute approximate surface area is 132 Å². The van der Waals surface area contributed by atoms with Gasteiger partial charge in [-0.25, -0.2) is 0 Å². The number of hydroxylamine groups is 1. The average molecular weight is 308 g/mol. The van der Waals surface area contributed by atoms with Crippen LogP contribution in [0.5, 0.6) is 0 Å². The van der Waals surface area contributed by atoms with E-state index >= 15 is 0 Å². The van der Waals surface area contributed by atoms with Gasteiger partial charge in [-0.1, -0.05) is 31.2 Å². The Morgan fingerprint density at radius 1 is 1.41 bits per heavy atom. The third-order valence-electron chi connectivity index (χ3n) is 5.58. The smallest absolute Gasteiger partial charge is 0.321 e. The van der Waals surface area contributed by atoms with Gasteiger partial charge in [0.05, 0.1) is 11.3 Å². The summed E-state index contributed by atoms with van der Waals surface area (Å²) in [5.74, 6) is 0.743. The van der Waals surface area contributed by atoms with Crippen molar-refractivity contribution < 1.29 is 14.8 Å². The summed E-state index contributed by atoms with van der Waals surface area (Å²) in [7, 11) is 0. The second kappa shape index (κ2) is 6.03. The summed E-state index contributed by atoms with van der Waals surface area (Å²) in [5, 5.41) is 12.9. The predicted molar refractivity (Wildman–Crippen MR) is 85.5 cm³/mol. The van der Waals surface area contributed by atoms with Crippen LogP contribution in [0, 0.1) is 17.3 Å². The standard InChI is InChI=1S/C17H28N2O3/c1-11-6-7-15(18-21)17(5,19-22-12(2)20)9-8-14-13(11)10-16(14,3)4/h13-14,19,21H,1,6-10H2,2-5H3/b18-15-. The lowest BCUT2D eigenvalue weighted by molar-refractivity contribution is -0.151. The van der Waals surface area contributed by atoms with E-state index in [2.05, 4.69) is 31.1 Å². The molecular weight excluding hydrogens is 280 g/mol. The van der Waals surface area contributed by atoms with Gasteiger partial charge in [-0.3, -0.25) is 4.79 Å². The molecular formula is C17H28N2O3. The van der Waals surface area contributed by atoms with E-state index in [4.69, 9.17) is 4.84 Å². The Bertz CT molecular complexity index is 498. The minimum Gasteiger partial charge on any atom is -0.411 e. The van der Waals surface area contributed by atoms with Gasteiger partial charge in [-0.05, 0) is 56.3 Å². The quantitative estimate of drug-likeness (QED) is 0.466. The van der Waals surface area contributed by atoms with Gasteiger partial charge >= 0.3 is 5.97 Å². The number of oxime groups is 1. The van der Waals surface area contributed by atoms with Crippen molar-refractivity contribution in [1.29, 1.82) is 0 Å². The van der Waals surface area contributed by atoms with Crippen LogP contribution in [0.2, 0.25) is 0 Å². The molecule has 2 fully saturated rings. The number of allylic oxidation sites excluding steroid dienone is 1. The zero-order chi connectivity index (χ0) is 16.5. The molecule has 0 amide bonds. The Hall–Kier alpha value is -1.36. The van der Waals surface area contributed by atoms with Gasteiger partial charge in [0.25, 0.3) is 0 Å². The number of nitrogens with one attached hydrogen (secondary N) is 1. The molecule has 2 aliphatic rings. The van der Waals surface area contributed by atoms with E-state index in [9.17, 15) is 10.0 Å². The van der Waals surface area contributed by atoms with E-state index in [-0.39, 0.29) is 0 Å². The number of hydrogen-bond acceptors (Lipinski definition) is 5. The van der Waals surface area contributed by atoms with E-state index in [1.807, 2.05) is 6.92 Å². The number of fused-ring (bicyclic) bond motifs is 1. The van der Waals surface area contributed by atoms with Gasteiger partial charge in [0.15, 0.2) is 0 Å². The molecule has 0 saturated heterocycles. The first kappa shape index (κ1) is 17.0. The Morgan fingerprint density at radius 2 is 2.09 bits per heavy atom. The van der Waals surface area contributed by atoms with Crippen molar-refractivity contribution in [3.63, 3.8) is 0 Å². The fourth-order valence-electron chi connectivity index (χ4n) is 4.05. The molecule has 2 rings (SSSR count). The molecule has 0 aliphatic heterocycles. The van der Waals surface area contributed by atoms with E-state index < -0.39 is 11.5 Å². The highest BCUT2D eigenvalue weighted by molar-refractivity contribution is 5.93. The normalized spacial score (nSPS) is 36.5. The van der Waals surface area contributed by atoms with Crippen molar-refractivity contribution in [2.24, 2.45) is 22.4 Å². The van der Waals surface area contributed by atoms with Crippen LogP contribution in [0.15, 0.2) is 17.3 Å². The number of rotatable bonds is 2. The first-order valence-electron chi connectivity index (χ1n) is 8.03. The minimum absolute atomic E-state index is 0.316. The highest BCUT2D eigenvalue weighted by Gasteiger charge is 2.49. The summed E-state index contributed by atoms with van der Waals surface area (Å²) in [6, 6.07) is 0. The first-order chi connectivity index (χ1) is 10.2. The molecule has 2 N–H and O–H groups in total. The number of hydrogen-bond donors (Lipinski definition) is 2. The lowest BCUT2D eigenvalue weighted by Gasteiger charge is -2.53. The Balaban J connectivity index is 2.22. The summed E-state index contributed by atoms with van der Waals surface area (Å²) < 4.78 is 0. The van der Waals surface area contributed by atoms with E-state index in [1.165, 1.54) is 18.9 Å². The molecule has 2 aliphatic carbocycles. The van der Waals surface area contributed by atoms with Crippen LogP contribution < -0.4 is 5.48 Å². The van der Waals surface area contributed by atoms with Gasteiger partial charge in [-0.2, -0.15) is 0 Å². The summed E-state index contributed by atoms with van der Waals surface area (Å²) in [4.78, 5) is 16.1. The molecule has 3 unspecified atom stereocenters. The molecule has 5 heteroatoms. The molecule has 22 heavy (non-hydrogen) atoms. The van der Waals surface area contributed by atoms with Crippen molar-refractivity contribution in [3.8, 4) is 0 Å². The molecule has 2 saturated carbocycles. The fraction of sp³-hybridized carbons (Fsp3) is 0.765. The molecule has 0 radical (unpaired) electrons. The van der Waals surface area contributed by atoms with Crippen molar-refractivity contribution in [1.82, 2.24) is 5.48 Å². The SMILES string of the molecule is C=C1CC/C(=N/O)C(C)(NOC(C)=O)CCC2C1CC2(C)C. The second-order valence-electron chi connectivity index (χ2n) is 7.68. The van der Waals surface area contributed by atoms with Crippen LogP contribution in [0.4, 0.5) is 0 Å². The third-order valence-corrected chi connectivity index (χ3v) is 5.58. The summed E-state index contributed by atoms with van der Waals surface area (Å²) in [5.41, 5.74) is 4.38. The minimum atomic E-state index is -0.638. The van der Waals surface area contributed by atoms with Crippen LogP contribution in [0.1, 0.15) is 59.8 Å². The molecule has 0 heterocycles. The van der Waals surface area contributed by atoms with Gasteiger partial charge in [0.1, 0.15) is 0 Å². The van der Waals surface area contributed by atoms with Crippen LogP contribution in [-0.4, -0.2) is 22.4 Å². The lowest BCUT2D eigenvalue weighted by Crippen LogP contribution is -2.51. The van der Waals surface area contributed by atoms with Crippen molar-refractivity contribution in [3.05, 3.63) is 12.2 Å². The van der Waals surface area contributed by atoms with Crippen molar-refractivity contribution in [2.75, 3.05) is 0 Å². The molecule has 3 atom stereocenters. The monoisotopic (exact) mass is 308 g/mol. The van der Waals surface area contributed by atoms with Gasteiger partial charge in [0.2, 0.25) is 0 Å². The molecule has 0 aromatic rings. The maximum Gasteiger partial charge on any atom is 0.321 e. The zero-order valence-electron chi connectivity index (χ0n) is 14.1. The van der Waals surface area contributed by atoms with E-state index in [0.29, 0.717) is 29.4 Å². The maximum atomic E-state index is 11.1. The molecule has 0 aromatic heterocycles.